The van der Waals surface area contributed by atoms with Gasteiger partial charge >= 0.3 is 0 Å². The molecular weight excluding hydrogens is 327 g/mol. The zero-order valence-corrected chi connectivity index (χ0v) is 13.4. The molecule has 5 heteroatoms. The molecule has 102 valence electrons. The van der Waals surface area contributed by atoms with E-state index in [9.17, 15) is 4.39 Å². The molecule has 0 amide bonds. The lowest BCUT2D eigenvalue weighted by Crippen LogP contribution is -2.13. The second-order valence-corrected chi connectivity index (χ2v) is 6.24. The summed E-state index contributed by atoms with van der Waals surface area (Å²) in [5, 5.41) is 4.08. The predicted molar refractivity (Wildman–Crippen MR) is 81.9 cm³/mol. The molecule has 0 saturated carbocycles. The predicted octanol–water partition coefficient (Wildman–Crippen LogP) is 4.52. The third kappa shape index (κ3) is 3.41. The number of thiazole rings is 1. The fourth-order valence-corrected chi connectivity index (χ4v) is 3.53. The Hall–Kier alpha value is -0.780. The Morgan fingerprint density at radius 3 is 2.89 bits per heavy atom. The summed E-state index contributed by atoms with van der Waals surface area (Å²) in [5.74, 6) is -0.240. The molecule has 1 aromatic carbocycles. The SMILES string of the molecule is CCCNCc1sc(-c2c(F)cccc2Br)nc1C. The molecule has 0 radical (unpaired) electrons. The highest BCUT2D eigenvalue weighted by Crippen LogP contribution is 2.34. The first-order valence-corrected chi connectivity index (χ1v) is 7.85. The van der Waals surface area contributed by atoms with Crippen molar-refractivity contribution in [3.05, 3.63) is 39.1 Å². The van der Waals surface area contributed by atoms with Gasteiger partial charge < -0.3 is 5.32 Å². The van der Waals surface area contributed by atoms with Gasteiger partial charge in [0.15, 0.2) is 0 Å². The summed E-state index contributed by atoms with van der Waals surface area (Å²) in [7, 11) is 0. The van der Waals surface area contributed by atoms with Crippen LogP contribution >= 0.6 is 27.3 Å². The number of aromatic nitrogens is 1. The van der Waals surface area contributed by atoms with Crippen LogP contribution in [0.3, 0.4) is 0 Å². The molecule has 1 heterocycles. The maximum Gasteiger partial charge on any atom is 0.134 e. The van der Waals surface area contributed by atoms with Crippen molar-refractivity contribution in [2.75, 3.05) is 6.54 Å². The number of aryl methyl sites for hydroxylation is 1. The van der Waals surface area contributed by atoms with Crippen LogP contribution in [0.4, 0.5) is 4.39 Å². The number of nitrogens with one attached hydrogen (secondary N) is 1. The molecule has 0 bridgehead atoms. The second kappa shape index (κ2) is 6.59. The van der Waals surface area contributed by atoms with Crippen LogP contribution in [-0.4, -0.2) is 11.5 Å². The summed E-state index contributed by atoms with van der Waals surface area (Å²) in [6.07, 6.45) is 1.10. The van der Waals surface area contributed by atoms with Crippen molar-refractivity contribution in [3.63, 3.8) is 0 Å². The molecule has 0 saturated heterocycles. The van der Waals surface area contributed by atoms with Gasteiger partial charge in [0.25, 0.3) is 0 Å². The topological polar surface area (TPSA) is 24.9 Å². The first-order chi connectivity index (χ1) is 9.13. The highest BCUT2D eigenvalue weighted by Gasteiger charge is 2.15. The molecular formula is C14H16BrFN2S. The standard InChI is InChI=1S/C14H16BrFN2S/c1-3-7-17-8-12-9(2)18-14(19-12)13-10(15)5-4-6-11(13)16/h4-6,17H,3,7-8H2,1-2H3. The molecule has 1 N–H and O–H groups in total. The van der Waals surface area contributed by atoms with Crippen molar-refractivity contribution in [1.29, 1.82) is 0 Å². The molecule has 0 spiro atoms. The van der Waals surface area contributed by atoms with Crippen LogP contribution in [0.15, 0.2) is 22.7 Å². The fourth-order valence-electron chi connectivity index (χ4n) is 1.78. The minimum Gasteiger partial charge on any atom is -0.312 e. The van der Waals surface area contributed by atoms with Crippen LogP contribution in [0.1, 0.15) is 23.9 Å². The highest BCUT2D eigenvalue weighted by molar-refractivity contribution is 9.10. The Labute approximate surface area is 125 Å². The van der Waals surface area contributed by atoms with Gasteiger partial charge in [-0.25, -0.2) is 9.37 Å². The number of rotatable bonds is 5. The molecule has 19 heavy (non-hydrogen) atoms. The van der Waals surface area contributed by atoms with Gasteiger partial charge in [-0.05, 0) is 48.0 Å². The maximum atomic E-state index is 13.9. The monoisotopic (exact) mass is 342 g/mol. The van der Waals surface area contributed by atoms with Crippen LogP contribution in [0, 0.1) is 12.7 Å². The lowest BCUT2D eigenvalue weighted by Gasteiger charge is -2.01. The number of nitrogens with zero attached hydrogens (tertiary/aromatic N) is 1. The normalized spacial score (nSPS) is 10.9. The zero-order valence-electron chi connectivity index (χ0n) is 11.0. The van der Waals surface area contributed by atoms with Gasteiger partial charge in [-0.2, -0.15) is 0 Å². The summed E-state index contributed by atoms with van der Waals surface area (Å²) >= 11 is 4.94. The third-order valence-electron chi connectivity index (χ3n) is 2.78. The van der Waals surface area contributed by atoms with E-state index in [0.29, 0.717) is 5.56 Å². The van der Waals surface area contributed by atoms with Crippen LogP contribution in [0.25, 0.3) is 10.6 Å². The van der Waals surface area contributed by atoms with Gasteiger partial charge in [-0.3, -0.25) is 0 Å². The summed E-state index contributed by atoms with van der Waals surface area (Å²) in [6, 6.07) is 4.99. The second-order valence-electron chi connectivity index (χ2n) is 4.30. The average molecular weight is 343 g/mol. The molecule has 0 unspecified atom stereocenters. The van der Waals surface area contributed by atoms with Gasteiger partial charge in [-0.15, -0.1) is 11.3 Å². The first kappa shape index (κ1) is 14.6. The average Bonchev–Trinajstić information content (AvgIpc) is 2.71. The summed E-state index contributed by atoms with van der Waals surface area (Å²) in [5.41, 5.74) is 1.52. The van der Waals surface area contributed by atoms with Crippen molar-refractivity contribution in [2.24, 2.45) is 0 Å². The molecule has 2 nitrogen and oxygen atoms in total. The largest absolute Gasteiger partial charge is 0.312 e. The smallest absolute Gasteiger partial charge is 0.134 e. The Balaban J connectivity index is 2.29. The minimum absolute atomic E-state index is 0.240. The van der Waals surface area contributed by atoms with E-state index < -0.39 is 0 Å². The first-order valence-electron chi connectivity index (χ1n) is 6.25. The van der Waals surface area contributed by atoms with Gasteiger partial charge in [0.1, 0.15) is 10.8 Å². The summed E-state index contributed by atoms with van der Waals surface area (Å²) in [6.45, 7) is 5.88. The number of benzene rings is 1. The number of halogens is 2. The lowest BCUT2D eigenvalue weighted by atomic mass is 10.2. The molecule has 1 aromatic heterocycles. The van der Waals surface area contributed by atoms with E-state index in [0.717, 1.165) is 34.7 Å². The Morgan fingerprint density at radius 2 is 2.21 bits per heavy atom. The van der Waals surface area contributed by atoms with Crippen LogP contribution in [0.5, 0.6) is 0 Å². The highest BCUT2D eigenvalue weighted by atomic mass is 79.9. The Bertz CT molecular complexity index is 548. The van der Waals surface area contributed by atoms with Crippen molar-refractivity contribution in [2.45, 2.75) is 26.8 Å². The quantitative estimate of drug-likeness (QED) is 0.808. The van der Waals surface area contributed by atoms with Crippen molar-refractivity contribution < 1.29 is 4.39 Å². The number of hydrogen-bond acceptors (Lipinski definition) is 3. The molecule has 0 aliphatic carbocycles. The zero-order chi connectivity index (χ0) is 13.8. The van der Waals surface area contributed by atoms with E-state index >= 15 is 0 Å². The minimum atomic E-state index is -0.240. The van der Waals surface area contributed by atoms with Crippen LogP contribution in [0.2, 0.25) is 0 Å². The van der Waals surface area contributed by atoms with E-state index in [1.807, 2.05) is 13.0 Å². The third-order valence-corrected chi connectivity index (χ3v) is 4.62. The van der Waals surface area contributed by atoms with E-state index in [2.05, 4.69) is 33.2 Å². The van der Waals surface area contributed by atoms with E-state index in [1.165, 1.54) is 10.9 Å². The van der Waals surface area contributed by atoms with Gasteiger partial charge in [0.05, 0.1) is 11.3 Å². The maximum absolute atomic E-state index is 13.9. The lowest BCUT2D eigenvalue weighted by molar-refractivity contribution is 0.630. The van der Waals surface area contributed by atoms with E-state index in [1.54, 1.807) is 17.4 Å². The molecule has 0 atom stereocenters. The van der Waals surface area contributed by atoms with Gasteiger partial charge in [0.2, 0.25) is 0 Å². The fraction of sp³-hybridized carbons (Fsp3) is 0.357. The van der Waals surface area contributed by atoms with Crippen molar-refractivity contribution >= 4 is 27.3 Å². The van der Waals surface area contributed by atoms with Crippen molar-refractivity contribution in [3.8, 4) is 10.6 Å². The Kier molecular flexibility index (Phi) is 5.07. The van der Waals surface area contributed by atoms with E-state index in [-0.39, 0.29) is 5.82 Å². The van der Waals surface area contributed by atoms with Crippen LogP contribution in [-0.2, 0) is 6.54 Å². The van der Waals surface area contributed by atoms with Gasteiger partial charge in [-0.1, -0.05) is 13.0 Å². The van der Waals surface area contributed by atoms with E-state index in [4.69, 9.17) is 0 Å². The van der Waals surface area contributed by atoms with Crippen molar-refractivity contribution in [1.82, 2.24) is 10.3 Å². The molecule has 0 aliphatic rings. The van der Waals surface area contributed by atoms with Crippen LogP contribution < -0.4 is 5.32 Å². The molecule has 2 rings (SSSR count). The number of hydrogen-bond donors (Lipinski definition) is 1. The molecule has 2 aromatic rings. The Morgan fingerprint density at radius 1 is 1.42 bits per heavy atom. The molecule has 0 aliphatic heterocycles. The van der Waals surface area contributed by atoms with Gasteiger partial charge in [0, 0.05) is 15.9 Å². The summed E-state index contributed by atoms with van der Waals surface area (Å²) < 4.78 is 14.6. The molecule has 0 fully saturated rings. The summed E-state index contributed by atoms with van der Waals surface area (Å²) in [4.78, 5) is 5.66.